The third-order valence-corrected chi connectivity index (χ3v) is 12.6. The summed E-state index contributed by atoms with van der Waals surface area (Å²) in [5.74, 6) is 0.696. The molecule has 4 amide bonds. The Morgan fingerprint density at radius 3 is 2.02 bits per heavy atom. The first kappa shape index (κ1) is 42.5. The number of nitrogens with zero attached hydrogens (tertiary/aromatic N) is 3. The molecule has 8 rings (SSSR count). The van der Waals surface area contributed by atoms with Crippen LogP contribution in [-0.4, -0.2) is 88.5 Å². The van der Waals surface area contributed by atoms with Gasteiger partial charge in [-0.2, -0.15) is 0 Å². The third kappa shape index (κ3) is 9.18. The van der Waals surface area contributed by atoms with Crippen molar-refractivity contribution in [1.82, 2.24) is 35.4 Å². The lowest BCUT2D eigenvalue weighted by atomic mass is 10.0. The van der Waals surface area contributed by atoms with E-state index in [0.29, 0.717) is 37.9 Å². The number of nitrogens with one attached hydrogen (secondary N) is 4. The Morgan fingerprint density at radius 1 is 0.742 bits per heavy atom. The molecule has 0 bridgehead atoms. The highest BCUT2D eigenvalue weighted by Crippen LogP contribution is 2.40. The number of likely N-dealkylation sites (tertiary alicyclic amines) is 2. The van der Waals surface area contributed by atoms with Crippen LogP contribution in [0.5, 0.6) is 0 Å². The van der Waals surface area contributed by atoms with Crippen LogP contribution in [-0.2, 0) is 23.9 Å². The summed E-state index contributed by atoms with van der Waals surface area (Å²) in [4.78, 5) is 68.8. The van der Waals surface area contributed by atoms with Crippen LogP contribution in [0.3, 0.4) is 0 Å². The van der Waals surface area contributed by atoms with Crippen LogP contribution in [0.1, 0.15) is 81.7 Å². The van der Waals surface area contributed by atoms with Gasteiger partial charge in [-0.1, -0.05) is 99.6 Å². The van der Waals surface area contributed by atoms with E-state index >= 15 is 0 Å². The zero-order chi connectivity index (χ0) is 43.5. The first-order chi connectivity index (χ1) is 30.0. The second-order valence-corrected chi connectivity index (χ2v) is 17.6. The Hall–Kier alpha value is -6.21. The van der Waals surface area contributed by atoms with Crippen molar-refractivity contribution in [2.45, 2.75) is 70.6 Å². The number of methoxy groups -OCH3 is 2. The summed E-state index contributed by atoms with van der Waals surface area (Å²) >= 11 is 0. The number of carbonyl (C=O) groups excluding carboxylic acids is 4. The van der Waals surface area contributed by atoms with E-state index in [0.717, 1.165) is 64.2 Å². The van der Waals surface area contributed by atoms with Gasteiger partial charge in [0.25, 0.3) is 0 Å². The van der Waals surface area contributed by atoms with Crippen molar-refractivity contribution in [3.8, 4) is 33.6 Å². The number of carbonyl (C=O) groups is 4. The van der Waals surface area contributed by atoms with Gasteiger partial charge >= 0.3 is 6.09 Å². The molecule has 4 N–H and O–H groups in total. The Kier molecular flexibility index (Phi) is 12.6. The average Bonchev–Trinajstić information content (AvgIpc) is 3.61. The standard InChI is InChI=1S/C49H57N7O6/c1-29(2)43(54-49(60)62-5)47(58)56-27-31(28-61-4)24-42(56)45-50-25-40(52-45)35-17-13-33(14-18-35)32-11-15-34(16-12-32)38-21-22-39(51-38)41-23-30(3)26-55(41)48(59)44(36-9-7-6-8-10-36)53-46(57)37-19-20-37/h6-18,21-22,25,29-31,37,41-44,51H,19-20,23-24,26-28H2,1-5H3,(H,50,52)(H,53,57)(H,54,60)/t30-,31-,41-,42-,43?,44+/m0/s1. The third-order valence-electron chi connectivity index (χ3n) is 12.6. The topological polar surface area (TPSA) is 162 Å². The minimum atomic E-state index is -0.737. The Labute approximate surface area is 363 Å². The number of alkyl carbamates (subject to hydrolysis) is 1. The first-order valence-corrected chi connectivity index (χ1v) is 21.8. The van der Waals surface area contributed by atoms with Gasteiger partial charge < -0.3 is 39.9 Å². The molecule has 62 heavy (non-hydrogen) atoms. The molecule has 3 aliphatic rings. The van der Waals surface area contributed by atoms with Gasteiger partial charge in [0.05, 0.1) is 37.7 Å². The molecule has 324 valence electrons. The highest BCUT2D eigenvalue weighted by molar-refractivity contribution is 5.91. The molecule has 13 nitrogen and oxygen atoms in total. The molecule has 13 heteroatoms. The van der Waals surface area contributed by atoms with Crippen LogP contribution in [0.25, 0.3) is 33.6 Å². The molecule has 5 aromatic rings. The van der Waals surface area contributed by atoms with Crippen molar-refractivity contribution >= 4 is 23.8 Å². The minimum absolute atomic E-state index is 0.00340. The van der Waals surface area contributed by atoms with Crippen LogP contribution in [0, 0.1) is 23.7 Å². The van der Waals surface area contributed by atoms with Crippen molar-refractivity contribution in [2.24, 2.45) is 23.7 Å². The van der Waals surface area contributed by atoms with Crippen LogP contribution in [0.4, 0.5) is 4.79 Å². The smallest absolute Gasteiger partial charge is 0.407 e. The van der Waals surface area contributed by atoms with Gasteiger partial charge in [-0.25, -0.2) is 9.78 Å². The van der Waals surface area contributed by atoms with E-state index in [2.05, 4.69) is 88.2 Å². The zero-order valence-electron chi connectivity index (χ0n) is 36.1. The van der Waals surface area contributed by atoms with Gasteiger partial charge in [0.2, 0.25) is 17.7 Å². The highest BCUT2D eigenvalue weighted by atomic mass is 16.5. The fraction of sp³-hybridized carbons (Fsp3) is 0.408. The van der Waals surface area contributed by atoms with Crippen LogP contribution in [0.2, 0.25) is 0 Å². The lowest BCUT2D eigenvalue weighted by Gasteiger charge is -2.30. The molecule has 2 aromatic heterocycles. The van der Waals surface area contributed by atoms with E-state index in [1.54, 1.807) is 18.2 Å². The first-order valence-electron chi connectivity index (χ1n) is 21.8. The summed E-state index contributed by atoms with van der Waals surface area (Å²) in [5.41, 5.74) is 7.74. The monoisotopic (exact) mass is 839 g/mol. The fourth-order valence-corrected chi connectivity index (χ4v) is 9.06. The normalized spacial score (nSPS) is 20.9. The summed E-state index contributed by atoms with van der Waals surface area (Å²) in [5, 5.41) is 5.80. The fourth-order valence-electron chi connectivity index (χ4n) is 9.06. The van der Waals surface area contributed by atoms with Crippen molar-refractivity contribution in [3.63, 3.8) is 0 Å². The lowest BCUT2D eigenvalue weighted by Crippen LogP contribution is -2.51. The number of benzene rings is 3. The maximum atomic E-state index is 14.3. The molecule has 6 atom stereocenters. The molecule has 3 aromatic carbocycles. The number of imidazole rings is 1. The number of H-pyrrole nitrogens is 2. The summed E-state index contributed by atoms with van der Waals surface area (Å²) < 4.78 is 10.3. The quantitative estimate of drug-likeness (QED) is 0.0887. The maximum Gasteiger partial charge on any atom is 0.407 e. The Morgan fingerprint density at radius 2 is 1.39 bits per heavy atom. The minimum Gasteiger partial charge on any atom is -0.453 e. The van der Waals surface area contributed by atoms with Gasteiger partial charge in [-0.15, -0.1) is 0 Å². The van der Waals surface area contributed by atoms with E-state index in [9.17, 15) is 19.2 Å². The number of hydrogen-bond donors (Lipinski definition) is 4. The highest BCUT2D eigenvalue weighted by Gasteiger charge is 2.42. The number of aromatic nitrogens is 3. The number of ether oxygens (including phenoxy) is 2. The molecule has 3 fully saturated rings. The van der Waals surface area contributed by atoms with Gasteiger partial charge in [0, 0.05) is 43.4 Å². The Balaban J connectivity index is 0.943. The van der Waals surface area contributed by atoms with Crippen molar-refractivity contribution < 1.29 is 28.7 Å². The van der Waals surface area contributed by atoms with Crippen LogP contribution < -0.4 is 10.6 Å². The lowest BCUT2D eigenvalue weighted by molar-refractivity contribution is -0.138. The van der Waals surface area contributed by atoms with E-state index in [1.165, 1.54) is 7.11 Å². The van der Waals surface area contributed by atoms with Crippen LogP contribution in [0.15, 0.2) is 97.2 Å². The molecular formula is C49H57N7O6. The number of amides is 4. The summed E-state index contributed by atoms with van der Waals surface area (Å²) in [6.45, 7) is 7.60. The van der Waals surface area contributed by atoms with Crippen molar-refractivity contribution in [1.29, 1.82) is 0 Å². The predicted molar refractivity (Wildman–Crippen MR) is 236 cm³/mol. The summed E-state index contributed by atoms with van der Waals surface area (Å²) in [6.07, 6.45) is 4.43. The average molecular weight is 840 g/mol. The molecule has 2 saturated heterocycles. The van der Waals surface area contributed by atoms with Gasteiger partial charge in [-0.05, 0) is 77.5 Å². The van der Waals surface area contributed by atoms with Gasteiger partial charge in [0.15, 0.2) is 0 Å². The predicted octanol–water partition coefficient (Wildman–Crippen LogP) is 7.83. The number of rotatable bonds is 14. The summed E-state index contributed by atoms with van der Waals surface area (Å²) in [6, 6.07) is 28.6. The van der Waals surface area contributed by atoms with E-state index in [1.807, 2.05) is 49.1 Å². The molecule has 1 unspecified atom stereocenters. The molecule has 1 aliphatic carbocycles. The van der Waals surface area contributed by atoms with E-state index in [-0.39, 0.29) is 47.6 Å². The van der Waals surface area contributed by atoms with Crippen molar-refractivity contribution in [3.05, 3.63) is 114 Å². The number of aromatic amines is 2. The second-order valence-electron chi connectivity index (χ2n) is 17.6. The Bertz CT molecular complexity index is 2350. The molecule has 4 heterocycles. The van der Waals surface area contributed by atoms with E-state index < -0.39 is 18.2 Å². The molecule has 0 spiro atoms. The van der Waals surface area contributed by atoms with Crippen molar-refractivity contribution in [2.75, 3.05) is 33.9 Å². The molecule has 0 radical (unpaired) electrons. The van der Waals surface area contributed by atoms with Crippen LogP contribution >= 0.6 is 0 Å². The SMILES string of the molecule is COC[C@H]1C[C@@H](c2ncc(-c3ccc(-c4ccc(-c5ccc([C@@H]6C[C@H](C)CN6C(=O)[C@H](NC(=O)C6CC6)c6ccccc6)[nH]5)cc4)cc3)[nH]2)N(C(=O)C(NC(=O)OC)C(C)C)C1. The molecular weight excluding hydrogens is 783 g/mol. The molecule has 2 aliphatic heterocycles. The largest absolute Gasteiger partial charge is 0.453 e. The molecule has 1 saturated carbocycles. The van der Waals surface area contributed by atoms with Gasteiger partial charge in [0.1, 0.15) is 17.9 Å². The summed E-state index contributed by atoms with van der Waals surface area (Å²) in [7, 11) is 2.95. The second kappa shape index (κ2) is 18.4. The zero-order valence-corrected chi connectivity index (χ0v) is 36.1. The maximum absolute atomic E-state index is 14.3. The van der Waals surface area contributed by atoms with E-state index in [4.69, 9.17) is 14.5 Å². The van der Waals surface area contributed by atoms with Gasteiger partial charge in [-0.3, -0.25) is 14.4 Å². The number of hydrogen-bond acceptors (Lipinski definition) is 7.